The van der Waals surface area contributed by atoms with Crippen LogP contribution >= 0.6 is 15.9 Å². The van der Waals surface area contributed by atoms with Gasteiger partial charge < -0.3 is 14.2 Å². The third kappa shape index (κ3) is 2.08. The Kier molecular flexibility index (Phi) is 2.75. The van der Waals surface area contributed by atoms with E-state index in [1.807, 2.05) is 29.8 Å². The first kappa shape index (κ1) is 11.2. The summed E-state index contributed by atoms with van der Waals surface area (Å²) in [6, 6.07) is 1.88. The zero-order chi connectivity index (χ0) is 12.5. The molecule has 0 aliphatic rings. The number of nitrogens with zero attached hydrogens (tertiary/aromatic N) is 4. The van der Waals surface area contributed by atoms with Crippen LogP contribution in [0.1, 0.15) is 11.5 Å². The third-order valence-corrected chi connectivity index (χ3v) is 2.84. The van der Waals surface area contributed by atoms with Crippen LogP contribution in [0.4, 0.5) is 5.82 Å². The lowest BCUT2D eigenvalue weighted by Crippen LogP contribution is -2.04. The van der Waals surface area contributed by atoms with E-state index in [1.54, 1.807) is 6.20 Å². The van der Waals surface area contributed by atoms with Gasteiger partial charge in [-0.3, -0.25) is 0 Å². The molecule has 0 atom stereocenters. The van der Waals surface area contributed by atoms with Crippen LogP contribution in [0.25, 0.3) is 5.65 Å². The topological polar surface area (TPSA) is 68.2 Å². The van der Waals surface area contributed by atoms with Gasteiger partial charge in [-0.05, 0) is 22.9 Å². The van der Waals surface area contributed by atoms with Crippen LogP contribution in [-0.4, -0.2) is 19.5 Å². The van der Waals surface area contributed by atoms with Crippen LogP contribution in [0.2, 0.25) is 0 Å². The molecule has 0 saturated carbocycles. The molecule has 0 saturated heterocycles. The molecule has 1 N–H and O–H groups in total. The average molecular weight is 308 g/mol. The summed E-state index contributed by atoms with van der Waals surface area (Å²) in [6.07, 6.45) is 5.45. The number of hydrogen-bond acceptors (Lipinski definition) is 5. The first-order valence-corrected chi connectivity index (χ1v) is 6.17. The van der Waals surface area contributed by atoms with Crippen LogP contribution in [0.5, 0.6) is 0 Å². The van der Waals surface area contributed by atoms with Gasteiger partial charge in [-0.25, -0.2) is 9.97 Å². The molecule has 3 aromatic rings. The minimum absolute atomic E-state index is 0.545. The largest absolute Gasteiger partial charge is 0.361 e. The summed E-state index contributed by atoms with van der Waals surface area (Å²) in [5.74, 6) is 1.50. The zero-order valence-corrected chi connectivity index (χ0v) is 11.2. The second-order valence-corrected chi connectivity index (χ2v) is 4.67. The van der Waals surface area contributed by atoms with Gasteiger partial charge in [0.25, 0.3) is 0 Å². The van der Waals surface area contributed by atoms with Crippen molar-refractivity contribution in [3.63, 3.8) is 0 Å². The fourth-order valence-corrected chi connectivity index (χ4v) is 2.09. The Balaban J connectivity index is 1.87. The highest BCUT2D eigenvalue weighted by atomic mass is 79.9. The van der Waals surface area contributed by atoms with Crippen molar-refractivity contribution in [3.8, 4) is 0 Å². The van der Waals surface area contributed by atoms with Gasteiger partial charge in [0.2, 0.25) is 0 Å². The standard InChI is InChI=1S/C11H10BrN5O/c1-7-4-8(16-18-7)5-14-10-11-13-2-3-17(11)6-9(12)15-10/h2-4,6H,5H2,1H3,(H,14,15). The number of halogens is 1. The average Bonchev–Trinajstić information content (AvgIpc) is 2.94. The molecule has 0 amide bonds. The Bertz CT molecular complexity index is 690. The predicted molar refractivity (Wildman–Crippen MR) is 69.3 cm³/mol. The minimum Gasteiger partial charge on any atom is -0.361 e. The van der Waals surface area contributed by atoms with E-state index in [0.717, 1.165) is 21.7 Å². The molecule has 0 unspecified atom stereocenters. The van der Waals surface area contributed by atoms with E-state index in [4.69, 9.17) is 4.52 Å². The van der Waals surface area contributed by atoms with Crippen molar-refractivity contribution >= 4 is 27.4 Å². The van der Waals surface area contributed by atoms with E-state index in [2.05, 4.69) is 36.4 Å². The number of anilines is 1. The molecule has 0 bridgehead atoms. The van der Waals surface area contributed by atoms with Crippen molar-refractivity contribution < 1.29 is 4.52 Å². The van der Waals surface area contributed by atoms with Crippen LogP contribution in [0.3, 0.4) is 0 Å². The summed E-state index contributed by atoms with van der Waals surface area (Å²) in [6.45, 7) is 2.41. The molecule has 6 nitrogen and oxygen atoms in total. The van der Waals surface area contributed by atoms with Crippen LogP contribution in [0.15, 0.2) is 33.8 Å². The molecule has 7 heteroatoms. The minimum atomic E-state index is 0.545. The maximum absolute atomic E-state index is 5.01. The lowest BCUT2D eigenvalue weighted by atomic mass is 10.4. The normalized spacial score (nSPS) is 11.0. The maximum atomic E-state index is 5.01. The van der Waals surface area contributed by atoms with E-state index < -0.39 is 0 Å². The summed E-state index contributed by atoms with van der Waals surface area (Å²) in [4.78, 5) is 8.61. The molecule has 3 heterocycles. The molecule has 0 aliphatic heterocycles. The Morgan fingerprint density at radius 3 is 3.17 bits per heavy atom. The van der Waals surface area contributed by atoms with Crippen molar-refractivity contribution in [1.82, 2.24) is 19.5 Å². The number of aromatic nitrogens is 4. The van der Waals surface area contributed by atoms with Gasteiger partial charge in [0.05, 0.1) is 6.54 Å². The molecule has 0 aromatic carbocycles. The van der Waals surface area contributed by atoms with E-state index in [-0.39, 0.29) is 0 Å². The predicted octanol–water partition coefficient (Wildman–Crippen LogP) is 2.40. The molecule has 0 radical (unpaired) electrons. The van der Waals surface area contributed by atoms with E-state index >= 15 is 0 Å². The first-order valence-electron chi connectivity index (χ1n) is 5.37. The van der Waals surface area contributed by atoms with E-state index in [0.29, 0.717) is 12.4 Å². The van der Waals surface area contributed by atoms with E-state index in [1.165, 1.54) is 0 Å². The Morgan fingerprint density at radius 2 is 2.39 bits per heavy atom. The molecule has 18 heavy (non-hydrogen) atoms. The molecule has 0 aliphatic carbocycles. The number of hydrogen-bond donors (Lipinski definition) is 1. The molecule has 0 fully saturated rings. The van der Waals surface area contributed by atoms with E-state index in [9.17, 15) is 0 Å². The molecular formula is C11H10BrN5O. The SMILES string of the molecule is Cc1cc(CNc2nc(Br)cn3ccnc23)no1. The molecule has 0 spiro atoms. The van der Waals surface area contributed by atoms with Gasteiger partial charge >= 0.3 is 0 Å². The van der Waals surface area contributed by atoms with Gasteiger partial charge in [0.15, 0.2) is 11.5 Å². The number of rotatable bonds is 3. The third-order valence-electron chi connectivity index (χ3n) is 2.46. The highest BCUT2D eigenvalue weighted by Gasteiger charge is 2.07. The summed E-state index contributed by atoms with van der Waals surface area (Å²) < 4.78 is 7.65. The number of aryl methyl sites for hydroxylation is 1. The number of imidazole rings is 1. The Labute approximate surface area is 111 Å². The van der Waals surface area contributed by atoms with Crippen molar-refractivity contribution in [2.24, 2.45) is 0 Å². The van der Waals surface area contributed by atoms with Crippen molar-refractivity contribution in [1.29, 1.82) is 0 Å². The fraction of sp³-hybridized carbons (Fsp3) is 0.182. The summed E-state index contributed by atoms with van der Waals surface area (Å²) in [5, 5.41) is 7.11. The monoisotopic (exact) mass is 307 g/mol. The Hall–Kier alpha value is -1.89. The summed E-state index contributed by atoms with van der Waals surface area (Å²) >= 11 is 3.36. The van der Waals surface area contributed by atoms with Gasteiger partial charge in [-0.2, -0.15) is 0 Å². The summed E-state index contributed by atoms with van der Waals surface area (Å²) in [7, 11) is 0. The van der Waals surface area contributed by atoms with Gasteiger partial charge in [-0.15, -0.1) is 0 Å². The number of fused-ring (bicyclic) bond motifs is 1. The fourth-order valence-electron chi connectivity index (χ4n) is 1.70. The summed E-state index contributed by atoms with van der Waals surface area (Å²) in [5.41, 5.74) is 1.61. The highest BCUT2D eigenvalue weighted by Crippen LogP contribution is 2.17. The van der Waals surface area contributed by atoms with Crippen LogP contribution in [0, 0.1) is 6.92 Å². The van der Waals surface area contributed by atoms with Gasteiger partial charge in [0.1, 0.15) is 16.1 Å². The first-order chi connectivity index (χ1) is 8.72. The van der Waals surface area contributed by atoms with Crippen molar-refractivity contribution in [3.05, 3.63) is 40.7 Å². The second kappa shape index (κ2) is 4.41. The molecule has 3 aromatic heterocycles. The zero-order valence-electron chi connectivity index (χ0n) is 9.59. The van der Waals surface area contributed by atoms with Crippen LogP contribution in [-0.2, 0) is 6.54 Å². The van der Waals surface area contributed by atoms with Gasteiger partial charge in [0, 0.05) is 24.7 Å². The van der Waals surface area contributed by atoms with Crippen molar-refractivity contribution in [2.75, 3.05) is 5.32 Å². The Morgan fingerprint density at radius 1 is 1.50 bits per heavy atom. The number of nitrogens with one attached hydrogen (secondary N) is 1. The smallest absolute Gasteiger partial charge is 0.180 e. The lowest BCUT2D eigenvalue weighted by Gasteiger charge is -2.05. The quantitative estimate of drug-likeness (QED) is 0.804. The molecule has 3 rings (SSSR count). The molecule has 92 valence electrons. The lowest BCUT2D eigenvalue weighted by molar-refractivity contribution is 0.391. The van der Waals surface area contributed by atoms with Gasteiger partial charge in [-0.1, -0.05) is 5.16 Å². The highest BCUT2D eigenvalue weighted by molar-refractivity contribution is 9.10. The van der Waals surface area contributed by atoms with Crippen LogP contribution < -0.4 is 5.32 Å². The molecular weight excluding hydrogens is 298 g/mol. The van der Waals surface area contributed by atoms with Crippen molar-refractivity contribution in [2.45, 2.75) is 13.5 Å². The maximum Gasteiger partial charge on any atom is 0.180 e. The second-order valence-electron chi connectivity index (χ2n) is 3.85.